The Balaban J connectivity index is 1.61. The molecule has 154 valence electrons. The summed E-state index contributed by atoms with van der Waals surface area (Å²) in [6.45, 7) is 2.33. The van der Waals surface area contributed by atoms with Gasteiger partial charge in [-0.05, 0) is 49.9 Å². The molecule has 7 nitrogen and oxygen atoms in total. The van der Waals surface area contributed by atoms with Crippen LogP contribution in [-0.4, -0.2) is 43.9 Å². The molecule has 1 aromatic heterocycles. The summed E-state index contributed by atoms with van der Waals surface area (Å²) in [5, 5.41) is 3.44. The second-order valence-corrected chi connectivity index (χ2v) is 10.2. The van der Waals surface area contributed by atoms with Gasteiger partial charge in [0.1, 0.15) is 11.3 Å². The number of aryl methyl sites for hydroxylation is 1. The van der Waals surface area contributed by atoms with Gasteiger partial charge in [0.05, 0.1) is 30.4 Å². The number of ether oxygens (including phenoxy) is 1. The maximum Gasteiger partial charge on any atom is 0.326 e. The van der Waals surface area contributed by atoms with Crippen LogP contribution in [0.15, 0.2) is 52.0 Å². The van der Waals surface area contributed by atoms with Crippen LogP contribution >= 0.6 is 0 Å². The molecule has 2 saturated heterocycles. The molecule has 0 radical (unpaired) electrons. The van der Waals surface area contributed by atoms with E-state index in [2.05, 4.69) is 5.32 Å². The highest BCUT2D eigenvalue weighted by atomic mass is 32.2. The lowest BCUT2D eigenvalue weighted by atomic mass is 9.83. The van der Waals surface area contributed by atoms with Crippen LogP contribution in [0.5, 0.6) is 0 Å². The largest absolute Gasteiger partial charge is 0.468 e. The van der Waals surface area contributed by atoms with Crippen LogP contribution in [0.4, 0.5) is 0 Å². The monoisotopic (exact) mass is 416 g/mol. The van der Waals surface area contributed by atoms with E-state index in [1.54, 1.807) is 40.9 Å². The predicted octanol–water partition coefficient (Wildman–Crippen LogP) is 2.24. The molecule has 0 unspecified atom stereocenters. The van der Waals surface area contributed by atoms with Crippen molar-refractivity contribution in [2.24, 2.45) is 11.8 Å². The van der Waals surface area contributed by atoms with Crippen LogP contribution in [0.25, 0.3) is 0 Å². The Morgan fingerprint density at radius 3 is 2.69 bits per heavy atom. The molecule has 0 amide bonds. The Hall–Kier alpha value is -2.16. The lowest BCUT2D eigenvalue weighted by Gasteiger charge is -2.27. The fourth-order valence-corrected chi connectivity index (χ4v) is 7.38. The molecule has 1 N–H and O–H groups in total. The van der Waals surface area contributed by atoms with Crippen LogP contribution in [0.2, 0.25) is 0 Å². The first-order chi connectivity index (χ1) is 13.9. The van der Waals surface area contributed by atoms with E-state index >= 15 is 0 Å². The highest BCUT2D eigenvalue weighted by Crippen LogP contribution is 2.58. The molecule has 0 spiro atoms. The van der Waals surface area contributed by atoms with E-state index in [0.29, 0.717) is 18.7 Å². The van der Waals surface area contributed by atoms with Gasteiger partial charge in [0.25, 0.3) is 0 Å². The number of hydrogen-bond donors (Lipinski definition) is 1. The minimum absolute atomic E-state index is 0.104. The number of carbonyl (C=O) groups is 1. The van der Waals surface area contributed by atoms with Crippen LogP contribution < -0.4 is 5.32 Å². The number of benzene rings is 1. The zero-order valence-corrected chi connectivity index (χ0v) is 17.2. The Labute approximate surface area is 170 Å². The lowest BCUT2D eigenvalue weighted by molar-refractivity contribution is -0.149. The van der Waals surface area contributed by atoms with Crippen LogP contribution in [0.3, 0.4) is 0 Å². The summed E-state index contributed by atoms with van der Waals surface area (Å²) in [5.74, 6) is 0.271. The molecule has 2 aromatic rings. The highest BCUT2D eigenvalue weighted by molar-refractivity contribution is 7.89. The Kier molecular flexibility index (Phi) is 4.17. The topological polar surface area (TPSA) is 88.8 Å². The summed E-state index contributed by atoms with van der Waals surface area (Å²) in [6, 6.07) is 9.71. The van der Waals surface area contributed by atoms with Gasteiger partial charge < -0.3 is 9.15 Å². The average molecular weight is 416 g/mol. The van der Waals surface area contributed by atoms with Crippen LogP contribution in [0, 0.1) is 18.8 Å². The molecule has 8 heteroatoms. The van der Waals surface area contributed by atoms with Crippen molar-refractivity contribution in [3.05, 3.63) is 54.0 Å². The number of rotatable bonds is 4. The Morgan fingerprint density at radius 2 is 2.03 bits per heavy atom. The molecule has 0 bridgehead atoms. The van der Waals surface area contributed by atoms with E-state index in [-0.39, 0.29) is 22.7 Å². The number of carbonyl (C=O) groups excluding carboxylic acids is 1. The van der Waals surface area contributed by atoms with E-state index < -0.39 is 27.6 Å². The zero-order valence-electron chi connectivity index (χ0n) is 16.4. The van der Waals surface area contributed by atoms with Crippen molar-refractivity contribution in [2.75, 3.05) is 13.7 Å². The molecule has 3 fully saturated rings. The molecule has 3 aliphatic rings. The summed E-state index contributed by atoms with van der Waals surface area (Å²) >= 11 is 0. The first-order valence-electron chi connectivity index (χ1n) is 9.86. The summed E-state index contributed by atoms with van der Waals surface area (Å²) in [4.78, 5) is 13.1. The van der Waals surface area contributed by atoms with Gasteiger partial charge in [-0.25, -0.2) is 8.42 Å². The molecule has 5 rings (SSSR count). The highest BCUT2D eigenvalue weighted by Gasteiger charge is 2.70. The first kappa shape index (κ1) is 18.8. The fraction of sp³-hybridized carbons (Fsp3) is 0.476. The van der Waals surface area contributed by atoms with Crippen molar-refractivity contribution in [1.29, 1.82) is 0 Å². The second-order valence-electron chi connectivity index (χ2n) is 8.30. The molecule has 2 aliphatic heterocycles. The van der Waals surface area contributed by atoms with Crippen LogP contribution in [0.1, 0.15) is 30.2 Å². The molecule has 1 aromatic carbocycles. The smallest absolute Gasteiger partial charge is 0.326 e. The van der Waals surface area contributed by atoms with Gasteiger partial charge in [0, 0.05) is 12.5 Å². The van der Waals surface area contributed by atoms with Gasteiger partial charge in [-0.3, -0.25) is 10.1 Å². The molecule has 29 heavy (non-hydrogen) atoms. The zero-order chi connectivity index (χ0) is 20.4. The van der Waals surface area contributed by atoms with Crippen molar-refractivity contribution in [1.82, 2.24) is 9.62 Å². The van der Waals surface area contributed by atoms with Crippen molar-refractivity contribution in [3.8, 4) is 0 Å². The number of nitrogens with zero attached hydrogens (tertiary/aromatic N) is 1. The first-order valence-corrected chi connectivity index (χ1v) is 11.3. The summed E-state index contributed by atoms with van der Waals surface area (Å²) < 4.78 is 39.5. The van der Waals surface area contributed by atoms with E-state index in [9.17, 15) is 13.2 Å². The van der Waals surface area contributed by atoms with E-state index in [1.807, 2.05) is 13.0 Å². The third-order valence-corrected chi connectivity index (χ3v) is 8.76. The average Bonchev–Trinajstić information content (AvgIpc) is 3.46. The number of methoxy groups -OCH3 is 1. The van der Waals surface area contributed by atoms with Crippen molar-refractivity contribution in [2.45, 2.75) is 42.3 Å². The molecular weight excluding hydrogens is 392 g/mol. The molecule has 5 atom stereocenters. The fourth-order valence-electron chi connectivity index (χ4n) is 5.66. The van der Waals surface area contributed by atoms with Crippen molar-refractivity contribution in [3.63, 3.8) is 0 Å². The summed E-state index contributed by atoms with van der Waals surface area (Å²) in [5.41, 5.74) is 0.127. The number of furan rings is 1. The maximum absolute atomic E-state index is 13.6. The summed E-state index contributed by atoms with van der Waals surface area (Å²) in [7, 11) is -2.33. The number of sulfonamides is 1. The maximum atomic E-state index is 13.6. The quantitative estimate of drug-likeness (QED) is 0.769. The lowest BCUT2D eigenvalue weighted by Crippen LogP contribution is -2.51. The molecule has 1 aliphatic carbocycles. The van der Waals surface area contributed by atoms with Gasteiger partial charge in [0.2, 0.25) is 10.0 Å². The van der Waals surface area contributed by atoms with Gasteiger partial charge in [0.15, 0.2) is 0 Å². The SMILES string of the molecule is COC(=O)[C@]12CC[C@H]3CN(S(=O)(=O)c4ccc(C)cc4)[C@H]([C@H]31)[C@H](c1ccco1)N2. The van der Waals surface area contributed by atoms with Crippen molar-refractivity contribution < 1.29 is 22.4 Å². The molecule has 1 saturated carbocycles. The number of nitrogens with one attached hydrogen (secondary N) is 1. The van der Waals surface area contributed by atoms with E-state index in [0.717, 1.165) is 12.0 Å². The molecular formula is C21H24N2O5S. The van der Waals surface area contributed by atoms with Gasteiger partial charge >= 0.3 is 5.97 Å². The standard InChI is InChI=1S/C21H24N2O5S/c1-13-5-7-15(8-6-13)29(25,26)23-12-14-9-10-21(20(24)27-2)17(14)19(23)18(22-21)16-4-3-11-28-16/h3-8,11,14,17-19,22H,9-10,12H2,1-2H3/t14-,17-,18-,19+,21-/m0/s1. The van der Waals surface area contributed by atoms with E-state index in [4.69, 9.17) is 9.15 Å². The Bertz CT molecular complexity index is 1030. The van der Waals surface area contributed by atoms with Gasteiger partial charge in [-0.2, -0.15) is 4.31 Å². The van der Waals surface area contributed by atoms with Crippen LogP contribution in [-0.2, 0) is 19.6 Å². The predicted molar refractivity (Wildman–Crippen MR) is 104 cm³/mol. The molecule has 3 heterocycles. The van der Waals surface area contributed by atoms with E-state index in [1.165, 1.54) is 7.11 Å². The number of esters is 1. The third kappa shape index (κ3) is 2.55. The second kappa shape index (κ2) is 6.42. The minimum atomic E-state index is -3.72. The van der Waals surface area contributed by atoms with Crippen molar-refractivity contribution >= 4 is 16.0 Å². The number of hydrogen-bond acceptors (Lipinski definition) is 6. The Morgan fingerprint density at radius 1 is 1.28 bits per heavy atom. The van der Waals surface area contributed by atoms with Gasteiger partial charge in [-0.1, -0.05) is 17.7 Å². The summed E-state index contributed by atoms with van der Waals surface area (Å²) in [6.07, 6.45) is 3.00. The third-order valence-electron chi connectivity index (χ3n) is 6.88. The normalized spacial score (nSPS) is 33.7. The minimum Gasteiger partial charge on any atom is -0.468 e. The van der Waals surface area contributed by atoms with Gasteiger partial charge in [-0.15, -0.1) is 0 Å².